The van der Waals surface area contributed by atoms with Crippen LogP contribution in [0.1, 0.15) is 12.0 Å². The number of carboxylic acid groups (broad SMARTS) is 1. The van der Waals surface area contributed by atoms with E-state index in [1.165, 1.54) is 0 Å². The molecule has 0 bridgehead atoms. The maximum atomic E-state index is 11.6. The number of hydrogen-bond donors (Lipinski definition) is 3. The zero-order valence-corrected chi connectivity index (χ0v) is 10.1. The number of aromatic amines is 2. The lowest BCUT2D eigenvalue weighted by atomic mass is 10.0. The second kappa shape index (κ2) is 5.10. The number of H-pyrrole nitrogens is 2. The van der Waals surface area contributed by atoms with Gasteiger partial charge in [0.1, 0.15) is 0 Å². The Kier molecular flexibility index (Phi) is 3.53. The van der Waals surface area contributed by atoms with Crippen molar-refractivity contribution in [3.63, 3.8) is 0 Å². The molecule has 0 amide bonds. The van der Waals surface area contributed by atoms with Crippen LogP contribution < -0.4 is 5.56 Å². The molecule has 2 aromatic rings. The molecule has 18 heavy (non-hydrogen) atoms. The van der Waals surface area contributed by atoms with Gasteiger partial charge < -0.3 is 5.11 Å². The van der Waals surface area contributed by atoms with Crippen LogP contribution in [0.25, 0.3) is 11.3 Å². The van der Waals surface area contributed by atoms with E-state index in [9.17, 15) is 9.59 Å². The fourth-order valence-electron chi connectivity index (χ4n) is 1.72. The van der Waals surface area contributed by atoms with Crippen molar-refractivity contribution in [2.24, 2.45) is 0 Å². The molecular weight excluding hydrogens is 256 g/mol. The largest absolute Gasteiger partial charge is 0.481 e. The van der Waals surface area contributed by atoms with Crippen LogP contribution in [0.15, 0.2) is 29.1 Å². The summed E-state index contributed by atoms with van der Waals surface area (Å²) in [5.74, 6) is -0.933. The molecule has 1 aromatic carbocycles. The highest BCUT2D eigenvalue weighted by Crippen LogP contribution is 2.21. The monoisotopic (exact) mass is 266 g/mol. The van der Waals surface area contributed by atoms with Crippen molar-refractivity contribution in [2.75, 3.05) is 0 Å². The number of halogens is 1. The van der Waals surface area contributed by atoms with E-state index in [-0.39, 0.29) is 18.4 Å². The number of rotatable bonds is 4. The minimum absolute atomic E-state index is 0.0818. The van der Waals surface area contributed by atoms with E-state index in [4.69, 9.17) is 16.7 Å². The summed E-state index contributed by atoms with van der Waals surface area (Å²) in [6.07, 6.45) is 0.105. The summed E-state index contributed by atoms with van der Waals surface area (Å²) in [5, 5.41) is 14.5. The lowest BCUT2D eigenvalue weighted by Gasteiger charge is -2.01. The lowest BCUT2D eigenvalue weighted by Crippen LogP contribution is -2.08. The number of aliphatic carboxylic acids is 1. The molecule has 0 unspecified atom stereocenters. The van der Waals surface area contributed by atoms with Crippen molar-refractivity contribution < 1.29 is 9.90 Å². The number of nitrogens with one attached hydrogen (secondary N) is 2. The van der Waals surface area contributed by atoms with E-state index in [1.54, 1.807) is 24.3 Å². The topological polar surface area (TPSA) is 85.9 Å². The lowest BCUT2D eigenvalue weighted by molar-refractivity contribution is -0.136. The molecule has 0 aliphatic heterocycles. The zero-order valence-electron chi connectivity index (χ0n) is 9.37. The molecule has 0 spiro atoms. The minimum atomic E-state index is -0.933. The molecule has 0 atom stereocenters. The average molecular weight is 267 g/mol. The molecule has 1 heterocycles. The van der Waals surface area contributed by atoms with Crippen molar-refractivity contribution in [1.29, 1.82) is 0 Å². The molecule has 0 fully saturated rings. The van der Waals surface area contributed by atoms with E-state index in [0.29, 0.717) is 16.3 Å². The van der Waals surface area contributed by atoms with Gasteiger partial charge >= 0.3 is 5.97 Å². The zero-order chi connectivity index (χ0) is 13.1. The van der Waals surface area contributed by atoms with Crippen molar-refractivity contribution in [2.45, 2.75) is 12.8 Å². The Labute approximate surface area is 107 Å². The third-order valence-corrected chi connectivity index (χ3v) is 2.85. The van der Waals surface area contributed by atoms with Gasteiger partial charge in [0.05, 0.1) is 5.69 Å². The third-order valence-electron chi connectivity index (χ3n) is 2.60. The Balaban J connectivity index is 2.36. The van der Waals surface area contributed by atoms with Crippen molar-refractivity contribution >= 4 is 17.6 Å². The summed E-state index contributed by atoms with van der Waals surface area (Å²) in [5.41, 5.74) is 1.55. The van der Waals surface area contributed by atoms with Gasteiger partial charge in [-0.05, 0) is 24.1 Å². The molecule has 0 saturated heterocycles. The number of hydrogen-bond acceptors (Lipinski definition) is 2. The van der Waals surface area contributed by atoms with Crippen LogP contribution in [-0.4, -0.2) is 21.3 Å². The van der Waals surface area contributed by atoms with Gasteiger partial charge in [0, 0.05) is 17.0 Å². The quantitative estimate of drug-likeness (QED) is 0.791. The summed E-state index contributed by atoms with van der Waals surface area (Å²) < 4.78 is 0. The van der Waals surface area contributed by atoms with Gasteiger partial charge in [0.15, 0.2) is 0 Å². The highest BCUT2D eigenvalue weighted by Gasteiger charge is 2.13. The van der Waals surface area contributed by atoms with Crippen molar-refractivity contribution in [1.82, 2.24) is 10.2 Å². The molecule has 3 N–H and O–H groups in total. The van der Waals surface area contributed by atoms with Crippen LogP contribution in [-0.2, 0) is 11.2 Å². The van der Waals surface area contributed by atoms with Crippen LogP contribution in [0.2, 0.25) is 5.02 Å². The van der Waals surface area contributed by atoms with E-state index < -0.39 is 5.97 Å². The molecule has 0 aliphatic carbocycles. The summed E-state index contributed by atoms with van der Waals surface area (Å²) in [6, 6.07) is 6.96. The van der Waals surface area contributed by atoms with Crippen molar-refractivity contribution in [3.05, 3.63) is 45.2 Å². The Bertz CT molecular complexity index is 613. The average Bonchev–Trinajstić information content (AvgIpc) is 2.69. The van der Waals surface area contributed by atoms with Gasteiger partial charge in [-0.3, -0.25) is 19.8 Å². The number of benzene rings is 1. The Morgan fingerprint density at radius 2 is 1.89 bits per heavy atom. The Hall–Kier alpha value is -2.01. The highest BCUT2D eigenvalue weighted by molar-refractivity contribution is 6.30. The molecule has 94 valence electrons. The summed E-state index contributed by atoms with van der Waals surface area (Å²) >= 11 is 5.79. The predicted molar refractivity (Wildman–Crippen MR) is 67.8 cm³/mol. The molecule has 1 aromatic heterocycles. The van der Waals surface area contributed by atoms with Gasteiger partial charge in [0.25, 0.3) is 5.56 Å². The van der Waals surface area contributed by atoms with Crippen LogP contribution in [0, 0.1) is 0 Å². The normalized spacial score (nSPS) is 10.5. The van der Waals surface area contributed by atoms with E-state index in [0.717, 1.165) is 5.56 Å². The van der Waals surface area contributed by atoms with E-state index in [1.807, 2.05) is 0 Å². The molecule has 0 radical (unpaired) electrons. The molecule has 0 saturated carbocycles. The fourth-order valence-corrected chi connectivity index (χ4v) is 1.84. The molecule has 5 nitrogen and oxygen atoms in total. The SMILES string of the molecule is O=C(O)CCc1c(-c2ccc(Cl)cc2)[nH][nH]c1=O. The highest BCUT2D eigenvalue weighted by atomic mass is 35.5. The van der Waals surface area contributed by atoms with Gasteiger partial charge in [-0.2, -0.15) is 0 Å². The van der Waals surface area contributed by atoms with Crippen LogP contribution >= 0.6 is 11.6 Å². The molecule has 0 aliphatic rings. The number of carbonyl (C=O) groups is 1. The molecular formula is C12H11ClN2O3. The first kappa shape index (κ1) is 12.4. The first-order valence-electron chi connectivity index (χ1n) is 5.35. The van der Waals surface area contributed by atoms with Gasteiger partial charge in [-0.1, -0.05) is 23.7 Å². The van der Waals surface area contributed by atoms with Gasteiger partial charge in [-0.15, -0.1) is 0 Å². The summed E-state index contributed by atoms with van der Waals surface area (Å²) in [7, 11) is 0. The van der Waals surface area contributed by atoms with Crippen LogP contribution in [0.5, 0.6) is 0 Å². The van der Waals surface area contributed by atoms with Gasteiger partial charge in [0.2, 0.25) is 0 Å². The maximum absolute atomic E-state index is 11.6. The molecule has 6 heteroatoms. The molecule has 2 rings (SSSR count). The standard InChI is InChI=1S/C12H11ClN2O3/c13-8-3-1-7(2-4-8)11-9(5-6-10(16)17)12(18)15-14-11/h1-4H,5-6H2,(H,16,17)(H2,14,15,18). The fraction of sp³-hybridized carbons (Fsp3) is 0.167. The number of aromatic nitrogens is 2. The first-order valence-corrected chi connectivity index (χ1v) is 5.73. The summed E-state index contributed by atoms with van der Waals surface area (Å²) in [4.78, 5) is 22.1. The smallest absolute Gasteiger partial charge is 0.303 e. The first-order chi connectivity index (χ1) is 8.58. The van der Waals surface area contributed by atoms with E-state index >= 15 is 0 Å². The number of carboxylic acids is 1. The Morgan fingerprint density at radius 1 is 1.22 bits per heavy atom. The summed E-state index contributed by atoms with van der Waals surface area (Å²) in [6.45, 7) is 0. The second-order valence-corrected chi connectivity index (χ2v) is 4.27. The Morgan fingerprint density at radius 3 is 2.50 bits per heavy atom. The van der Waals surface area contributed by atoms with Crippen LogP contribution in [0.3, 0.4) is 0 Å². The maximum Gasteiger partial charge on any atom is 0.303 e. The van der Waals surface area contributed by atoms with Gasteiger partial charge in [-0.25, -0.2) is 0 Å². The van der Waals surface area contributed by atoms with E-state index in [2.05, 4.69) is 10.2 Å². The second-order valence-electron chi connectivity index (χ2n) is 3.83. The van der Waals surface area contributed by atoms with Crippen molar-refractivity contribution in [3.8, 4) is 11.3 Å². The predicted octanol–water partition coefficient (Wildman–Crippen LogP) is 2.04. The third kappa shape index (κ3) is 2.62. The van der Waals surface area contributed by atoms with Crippen LogP contribution in [0.4, 0.5) is 0 Å². The minimum Gasteiger partial charge on any atom is -0.481 e.